The Kier molecular flexibility index (Phi) is 4.61. The molecule has 28 heavy (non-hydrogen) atoms. The van der Waals surface area contributed by atoms with Crippen LogP contribution in [-0.4, -0.2) is 38.7 Å². The Morgan fingerprint density at radius 1 is 1.18 bits per heavy atom. The Morgan fingerprint density at radius 3 is 2.68 bits per heavy atom. The molecule has 7 heteroatoms. The van der Waals surface area contributed by atoms with Gasteiger partial charge in [0.15, 0.2) is 0 Å². The molecule has 4 rings (SSSR count). The second kappa shape index (κ2) is 6.96. The first-order chi connectivity index (χ1) is 13.3. The van der Waals surface area contributed by atoms with E-state index < -0.39 is 29.9 Å². The number of halogens is 1. The van der Waals surface area contributed by atoms with Crippen molar-refractivity contribution in [2.45, 2.75) is 30.9 Å². The summed E-state index contributed by atoms with van der Waals surface area (Å²) in [5.41, 5.74) is 1.42. The minimum absolute atomic E-state index is 0.169. The first kappa shape index (κ1) is 18.5. The number of hydrogen-bond acceptors (Lipinski definition) is 3. The van der Waals surface area contributed by atoms with Gasteiger partial charge in [-0.2, -0.15) is 0 Å². The van der Waals surface area contributed by atoms with E-state index in [4.69, 9.17) is 11.6 Å². The van der Waals surface area contributed by atoms with Crippen molar-refractivity contribution in [3.05, 3.63) is 70.4 Å². The van der Waals surface area contributed by atoms with Gasteiger partial charge >= 0.3 is 5.97 Å². The Hall–Kier alpha value is -2.83. The summed E-state index contributed by atoms with van der Waals surface area (Å²) >= 11 is 5.99. The predicted molar refractivity (Wildman–Crippen MR) is 106 cm³/mol. The number of fused-ring (bicyclic) bond motifs is 2. The summed E-state index contributed by atoms with van der Waals surface area (Å²) in [6.07, 6.45) is 0.0784. The van der Waals surface area contributed by atoms with E-state index >= 15 is 0 Å². The van der Waals surface area contributed by atoms with Crippen molar-refractivity contribution in [1.82, 2.24) is 10.3 Å². The number of carbonyl (C=O) groups is 2. The van der Waals surface area contributed by atoms with Crippen LogP contribution in [-0.2, 0) is 17.6 Å². The molecular formula is C21H19ClN2O4. The minimum Gasteiger partial charge on any atom is -0.481 e. The van der Waals surface area contributed by atoms with Gasteiger partial charge in [-0.1, -0.05) is 35.9 Å². The first-order valence-electron chi connectivity index (χ1n) is 8.94. The van der Waals surface area contributed by atoms with E-state index in [2.05, 4.69) is 10.3 Å². The second-order valence-corrected chi connectivity index (χ2v) is 7.70. The third-order valence-electron chi connectivity index (χ3n) is 5.28. The maximum absolute atomic E-state index is 12.8. The molecule has 1 aromatic heterocycles. The molecule has 0 saturated carbocycles. The SMILES string of the molecule is O=C(O)C[C@]1(O)Cc2ccccc2C[C@H]1NC(=O)c1cc2cc(Cl)ccc2[nH]1. The van der Waals surface area contributed by atoms with E-state index in [1.165, 1.54) is 0 Å². The van der Waals surface area contributed by atoms with Crippen LogP contribution in [0.2, 0.25) is 5.02 Å². The van der Waals surface area contributed by atoms with Crippen molar-refractivity contribution in [3.63, 3.8) is 0 Å². The molecule has 1 aliphatic rings. The van der Waals surface area contributed by atoms with Crippen LogP contribution in [0.1, 0.15) is 28.0 Å². The average Bonchev–Trinajstić information content (AvgIpc) is 3.04. The van der Waals surface area contributed by atoms with Crippen molar-refractivity contribution in [2.75, 3.05) is 0 Å². The zero-order chi connectivity index (χ0) is 19.9. The molecule has 3 aromatic rings. The monoisotopic (exact) mass is 398 g/mol. The number of benzene rings is 2. The quantitative estimate of drug-likeness (QED) is 0.542. The molecular weight excluding hydrogens is 380 g/mol. The Bertz CT molecular complexity index is 1080. The number of aromatic amines is 1. The number of hydrogen-bond donors (Lipinski definition) is 4. The van der Waals surface area contributed by atoms with E-state index in [1.54, 1.807) is 24.3 Å². The van der Waals surface area contributed by atoms with Crippen LogP contribution >= 0.6 is 11.6 Å². The lowest BCUT2D eigenvalue weighted by molar-refractivity contribution is -0.144. The fraction of sp³-hybridized carbons (Fsp3) is 0.238. The molecule has 2 aromatic carbocycles. The Morgan fingerprint density at radius 2 is 1.93 bits per heavy atom. The smallest absolute Gasteiger partial charge is 0.306 e. The van der Waals surface area contributed by atoms with Gasteiger partial charge in [0.05, 0.1) is 18.1 Å². The summed E-state index contributed by atoms with van der Waals surface area (Å²) in [7, 11) is 0. The summed E-state index contributed by atoms with van der Waals surface area (Å²) in [5.74, 6) is -1.51. The molecule has 4 N–H and O–H groups in total. The highest BCUT2D eigenvalue weighted by molar-refractivity contribution is 6.31. The van der Waals surface area contributed by atoms with E-state index in [1.807, 2.05) is 24.3 Å². The summed E-state index contributed by atoms with van der Waals surface area (Å²) in [6, 6.07) is 13.8. The van der Waals surface area contributed by atoms with Gasteiger partial charge in [0.2, 0.25) is 0 Å². The zero-order valence-electron chi connectivity index (χ0n) is 14.9. The molecule has 1 amide bonds. The number of amides is 1. The predicted octanol–water partition coefficient (Wildman–Crippen LogP) is 2.92. The number of carboxylic acid groups (broad SMARTS) is 1. The molecule has 6 nitrogen and oxygen atoms in total. The Balaban J connectivity index is 1.63. The lowest BCUT2D eigenvalue weighted by Gasteiger charge is -2.40. The van der Waals surface area contributed by atoms with Gasteiger partial charge in [0, 0.05) is 22.3 Å². The maximum atomic E-state index is 12.8. The van der Waals surface area contributed by atoms with E-state index in [9.17, 15) is 19.8 Å². The fourth-order valence-electron chi connectivity index (χ4n) is 3.89. The normalized spacial score (nSPS) is 21.3. The van der Waals surface area contributed by atoms with Gasteiger partial charge < -0.3 is 20.5 Å². The summed E-state index contributed by atoms with van der Waals surface area (Å²) in [5, 5.41) is 24.6. The molecule has 0 aliphatic heterocycles. The number of rotatable bonds is 4. The third kappa shape index (κ3) is 3.48. The highest BCUT2D eigenvalue weighted by atomic mass is 35.5. The van der Waals surface area contributed by atoms with Crippen molar-refractivity contribution >= 4 is 34.4 Å². The summed E-state index contributed by atoms with van der Waals surface area (Å²) < 4.78 is 0. The van der Waals surface area contributed by atoms with Crippen molar-refractivity contribution in [1.29, 1.82) is 0 Å². The van der Waals surface area contributed by atoms with Crippen molar-refractivity contribution in [3.8, 4) is 0 Å². The van der Waals surface area contributed by atoms with Gasteiger partial charge in [0.1, 0.15) is 5.69 Å². The molecule has 0 saturated heterocycles. The van der Waals surface area contributed by atoms with Gasteiger partial charge in [-0.25, -0.2) is 0 Å². The zero-order valence-corrected chi connectivity index (χ0v) is 15.7. The molecule has 1 aliphatic carbocycles. The van der Waals surface area contributed by atoms with Gasteiger partial charge in [0.25, 0.3) is 5.91 Å². The largest absolute Gasteiger partial charge is 0.481 e. The molecule has 0 fully saturated rings. The minimum atomic E-state index is -1.56. The Labute approximate surface area is 166 Å². The molecule has 0 unspecified atom stereocenters. The standard InChI is InChI=1S/C21H19ClN2O4/c22-15-5-6-16-14(7-15)8-17(23-16)20(27)24-18-9-12-3-1-2-4-13(12)10-21(18,28)11-19(25)26/h1-8,18,23,28H,9-11H2,(H,24,27)(H,25,26)/t18-,21-/m1/s1. The number of carbonyl (C=O) groups excluding carboxylic acids is 1. The number of aliphatic carboxylic acids is 1. The maximum Gasteiger partial charge on any atom is 0.306 e. The van der Waals surface area contributed by atoms with Crippen molar-refractivity contribution < 1.29 is 19.8 Å². The van der Waals surface area contributed by atoms with Gasteiger partial charge in [-0.05, 0) is 41.8 Å². The van der Waals surface area contributed by atoms with E-state index in [-0.39, 0.29) is 6.42 Å². The van der Waals surface area contributed by atoms with Gasteiger partial charge in [-0.15, -0.1) is 0 Å². The topological polar surface area (TPSA) is 102 Å². The van der Waals surface area contributed by atoms with Crippen LogP contribution in [0.4, 0.5) is 0 Å². The number of nitrogens with one attached hydrogen (secondary N) is 2. The second-order valence-electron chi connectivity index (χ2n) is 7.26. The third-order valence-corrected chi connectivity index (χ3v) is 5.51. The van der Waals surface area contributed by atoms with Crippen molar-refractivity contribution in [2.24, 2.45) is 0 Å². The number of aliphatic hydroxyl groups is 1. The lowest BCUT2D eigenvalue weighted by atomic mass is 9.75. The number of carboxylic acids is 1. The van der Waals surface area contributed by atoms with E-state index in [0.717, 1.165) is 22.0 Å². The average molecular weight is 399 g/mol. The van der Waals surface area contributed by atoms with Crippen LogP contribution in [0.25, 0.3) is 10.9 Å². The highest BCUT2D eigenvalue weighted by Crippen LogP contribution is 2.32. The van der Waals surface area contributed by atoms with Crippen LogP contribution in [0.15, 0.2) is 48.5 Å². The van der Waals surface area contributed by atoms with Crippen LogP contribution in [0, 0.1) is 0 Å². The van der Waals surface area contributed by atoms with Crippen LogP contribution < -0.4 is 5.32 Å². The molecule has 144 valence electrons. The molecule has 2 atom stereocenters. The molecule has 0 spiro atoms. The molecule has 1 heterocycles. The number of aromatic nitrogens is 1. The first-order valence-corrected chi connectivity index (χ1v) is 9.32. The molecule has 0 bridgehead atoms. The van der Waals surface area contributed by atoms with Crippen LogP contribution in [0.5, 0.6) is 0 Å². The summed E-state index contributed by atoms with van der Waals surface area (Å²) in [6.45, 7) is 0. The van der Waals surface area contributed by atoms with Gasteiger partial charge in [-0.3, -0.25) is 9.59 Å². The number of H-pyrrole nitrogens is 1. The van der Waals surface area contributed by atoms with Crippen LogP contribution in [0.3, 0.4) is 0 Å². The highest BCUT2D eigenvalue weighted by Gasteiger charge is 2.43. The van der Waals surface area contributed by atoms with E-state index in [0.29, 0.717) is 17.1 Å². The molecule has 0 radical (unpaired) electrons. The lowest BCUT2D eigenvalue weighted by Crippen LogP contribution is -2.58. The fourth-order valence-corrected chi connectivity index (χ4v) is 4.07. The summed E-state index contributed by atoms with van der Waals surface area (Å²) in [4.78, 5) is 27.2.